The number of hydrogen-bond acceptors (Lipinski definition) is 5. The molecule has 1 aromatic heterocycles. The number of hydrogen-bond donors (Lipinski definition) is 0. The maximum Gasteiger partial charge on any atom is 0.316 e. The number of rotatable bonds is 7. The van der Waals surface area contributed by atoms with E-state index in [1.54, 1.807) is 14.2 Å². The highest BCUT2D eigenvalue weighted by Gasteiger charge is 2.45. The highest BCUT2D eigenvalue weighted by Crippen LogP contribution is 2.39. The second-order valence-corrected chi connectivity index (χ2v) is 9.84. The van der Waals surface area contributed by atoms with Crippen LogP contribution in [0.4, 0.5) is 0 Å². The van der Waals surface area contributed by atoms with Crippen LogP contribution in [0.5, 0.6) is 11.5 Å². The summed E-state index contributed by atoms with van der Waals surface area (Å²) in [6, 6.07) is 23.4. The molecule has 0 atom stereocenters. The Balaban J connectivity index is 1.52. The van der Waals surface area contributed by atoms with Gasteiger partial charge in [-0.3, -0.25) is 9.59 Å². The number of benzene rings is 3. The summed E-state index contributed by atoms with van der Waals surface area (Å²) in [7, 11) is 3.26. The van der Waals surface area contributed by atoms with Gasteiger partial charge in [-0.1, -0.05) is 30.3 Å². The summed E-state index contributed by atoms with van der Waals surface area (Å²) in [5.41, 5.74) is 3.52. The first-order chi connectivity index (χ1) is 18.9. The summed E-state index contributed by atoms with van der Waals surface area (Å²) in [5.74, 6) is 1.18. The number of fused-ring (bicyclic) bond motifs is 1. The van der Waals surface area contributed by atoms with Crippen LogP contribution in [0.3, 0.4) is 0 Å². The summed E-state index contributed by atoms with van der Waals surface area (Å²) in [4.78, 5) is 29.2. The second-order valence-electron chi connectivity index (χ2n) is 9.84. The van der Waals surface area contributed by atoms with E-state index in [0.29, 0.717) is 43.9 Å². The van der Waals surface area contributed by atoms with Crippen molar-refractivity contribution in [1.29, 1.82) is 0 Å². The van der Waals surface area contributed by atoms with Crippen LogP contribution >= 0.6 is 0 Å². The number of carbonyl (C=O) groups excluding carboxylic acids is 2. The van der Waals surface area contributed by atoms with Crippen LogP contribution in [0.25, 0.3) is 16.6 Å². The molecule has 5 rings (SSSR count). The minimum atomic E-state index is -0.761. The predicted molar refractivity (Wildman–Crippen MR) is 151 cm³/mol. The van der Waals surface area contributed by atoms with Crippen LogP contribution in [-0.4, -0.2) is 55.3 Å². The summed E-state index contributed by atoms with van der Waals surface area (Å²) in [6.45, 7) is 5.02. The van der Waals surface area contributed by atoms with Gasteiger partial charge in [0.2, 0.25) is 0 Å². The van der Waals surface area contributed by atoms with E-state index in [2.05, 4.69) is 4.57 Å². The van der Waals surface area contributed by atoms with Gasteiger partial charge in [0.1, 0.15) is 11.5 Å². The van der Waals surface area contributed by atoms with Gasteiger partial charge in [0.25, 0.3) is 5.91 Å². The quantitative estimate of drug-likeness (QED) is 0.289. The molecule has 0 N–H and O–H groups in total. The van der Waals surface area contributed by atoms with Gasteiger partial charge in [0.15, 0.2) is 0 Å². The summed E-state index contributed by atoms with van der Waals surface area (Å²) in [6.07, 6.45) is 1.00. The molecule has 3 aromatic carbocycles. The molecule has 202 valence electrons. The number of piperidine rings is 1. The number of esters is 1. The van der Waals surface area contributed by atoms with E-state index in [1.807, 2.05) is 91.5 Å². The van der Waals surface area contributed by atoms with Gasteiger partial charge < -0.3 is 23.7 Å². The van der Waals surface area contributed by atoms with Gasteiger partial charge in [-0.2, -0.15) is 0 Å². The molecule has 39 heavy (non-hydrogen) atoms. The SMILES string of the molecule is CCOC(=O)C1(c2ccccc2)CCN(C(=O)c2c(C)n(-c3ccc(OC)cc3)c3ccc(OC)cc23)CC1. The van der Waals surface area contributed by atoms with Crippen LogP contribution in [0, 0.1) is 6.92 Å². The fourth-order valence-electron chi connectivity index (χ4n) is 5.75. The molecule has 1 aliphatic rings. The maximum absolute atomic E-state index is 14.2. The van der Waals surface area contributed by atoms with E-state index >= 15 is 0 Å². The Morgan fingerprint density at radius 1 is 0.872 bits per heavy atom. The first kappa shape index (κ1) is 26.4. The fourth-order valence-corrected chi connectivity index (χ4v) is 5.75. The fraction of sp³-hybridized carbons (Fsp3) is 0.312. The molecule has 0 saturated carbocycles. The number of likely N-dealkylation sites (tertiary alicyclic amines) is 1. The van der Waals surface area contributed by atoms with Crippen molar-refractivity contribution in [2.45, 2.75) is 32.1 Å². The number of ether oxygens (including phenoxy) is 3. The Morgan fingerprint density at radius 2 is 1.51 bits per heavy atom. The van der Waals surface area contributed by atoms with Gasteiger partial charge in [0.05, 0.1) is 37.3 Å². The van der Waals surface area contributed by atoms with Crippen LogP contribution in [0.2, 0.25) is 0 Å². The lowest BCUT2D eigenvalue weighted by Crippen LogP contribution is -2.49. The predicted octanol–water partition coefficient (Wildman–Crippen LogP) is 5.69. The van der Waals surface area contributed by atoms with Gasteiger partial charge >= 0.3 is 5.97 Å². The van der Waals surface area contributed by atoms with Crippen molar-refractivity contribution in [2.24, 2.45) is 0 Å². The molecule has 7 heteroatoms. The molecule has 0 bridgehead atoms. The third-order valence-corrected chi connectivity index (χ3v) is 7.85. The van der Waals surface area contributed by atoms with Crippen molar-refractivity contribution in [3.05, 3.63) is 89.6 Å². The van der Waals surface area contributed by atoms with E-state index < -0.39 is 5.41 Å². The molecule has 1 aliphatic heterocycles. The molecule has 0 aliphatic carbocycles. The number of methoxy groups -OCH3 is 2. The maximum atomic E-state index is 14.2. The molecule has 1 fully saturated rings. The molecule has 2 heterocycles. The Kier molecular flexibility index (Phi) is 7.33. The molecule has 0 unspecified atom stereocenters. The van der Waals surface area contributed by atoms with E-state index in [-0.39, 0.29) is 11.9 Å². The largest absolute Gasteiger partial charge is 0.497 e. The normalized spacial score (nSPS) is 14.7. The van der Waals surface area contributed by atoms with Gasteiger partial charge in [-0.15, -0.1) is 0 Å². The zero-order valence-electron chi connectivity index (χ0n) is 22.9. The summed E-state index contributed by atoms with van der Waals surface area (Å²) >= 11 is 0. The van der Waals surface area contributed by atoms with E-state index in [9.17, 15) is 9.59 Å². The Bertz CT molecular complexity index is 1480. The zero-order chi connectivity index (χ0) is 27.6. The van der Waals surface area contributed by atoms with Crippen molar-refractivity contribution in [3.8, 4) is 17.2 Å². The monoisotopic (exact) mass is 526 g/mol. The smallest absolute Gasteiger partial charge is 0.316 e. The Labute approximate surface area is 228 Å². The molecule has 1 saturated heterocycles. The number of nitrogens with zero attached hydrogens (tertiary/aromatic N) is 2. The Morgan fingerprint density at radius 3 is 2.13 bits per heavy atom. The van der Waals surface area contributed by atoms with E-state index in [0.717, 1.165) is 33.6 Å². The van der Waals surface area contributed by atoms with E-state index in [1.165, 1.54) is 0 Å². The van der Waals surface area contributed by atoms with Crippen LogP contribution in [0.15, 0.2) is 72.8 Å². The van der Waals surface area contributed by atoms with E-state index in [4.69, 9.17) is 14.2 Å². The highest BCUT2D eigenvalue weighted by atomic mass is 16.5. The lowest BCUT2D eigenvalue weighted by molar-refractivity contribution is -0.152. The summed E-state index contributed by atoms with van der Waals surface area (Å²) in [5, 5.41) is 0.831. The average Bonchev–Trinajstić information content (AvgIpc) is 3.28. The second kappa shape index (κ2) is 10.8. The average molecular weight is 527 g/mol. The molecule has 0 spiro atoms. The highest BCUT2D eigenvalue weighted by molar-refractivity contribution is 6.09. The van der Waals surface area contributed by atoms with Crippen molar-refractivity contribution >= 4 is 22.8 Å². The topological polar surface area (TPSA) is 70.0 Å². The molecule has 4 aromatic rings. The third kappa shape index (κ3) is 4.62. The zero-order valence-corrected chi connectivity index (χ0v) is 22.9. The molecular formula is C32H34N2O5. The first-order valence-electron chi connectivity index (χ1n) is 13.3. The molecule has 7 nitrogen and oxygen atoms in total. The number of carbonyl (C=O) groups is 2. The lowest BCUT2D eigenvalue weighted by atomic mass is 9.72. The van der Waals surface area contributed by atoms with Crippen molar-refractivity contribution in [2.75, 3.05) is 33.9 Å². The summed E-state index contributed by atoms with van der Waals surface area (Å²) < 4.78 is 18.5. The molecular weight excluding hydrogens is 492 g/mol. The number of aromatic nitrogens is 1. The van der Waals surface area contributed by atoms with Gasteiger partial charge in [-0.25, -0.2) is 0 Å². The number of amides is 1. The van der Waals surface area contributed by atoms with Gasteiger partial charge in [-0.05, 0) is 74.7 Å². The first-order valence-corrected chi connectivity index (χ1v) is 13.3. The van der Waals surface area contributed by atoms with Crippen molar-refractivity contribution < 1.29 is 23.8 Å². The van der Waals surface area contributed by atoms with Crippen molar-refractivity contribution in [1.82, 2.24) is 9.47 Å². The van der Waals surface area contributed by atoms with Crippen molar-refractivity contribution in [3.63, 3.8) is 0 Å². The Hall–Kier alpha value is -4.26. The minimum absolute atomic E-state index is 0.0523. The molecule has 1 amide bonds. The minimum Gasteiger partial charge on any atom is -0.497 e. The third-order valence-electron chi connectivity index (χ3n) is 7.85. The lowest BCUT2D eigenvalue weighted by Gasteiger charge is -2.40. The van der Waals surface area contributed by atoms with Crippen LogP contribution in [-0.2, 0) is 14.9 Å². The van der Waals surface area contributed by atoms with Crippen LogP contribution in [0.1, 0.15) is 41.4 Å². The van der Waals surface area contributed by atoms with Gasteiger partial charge in [0, 0.05) is 29.9 Å². The standard InChI is InChI=1S/C32H34N2O5/c1-5-39-31(36)32(23-9-7-6-8-10-23)17-19-33(20-18-32)30(35)29-22(2)34(24-11-13-25(37-3)14-12-24)28-16-15-26(38-4)21-27(28)29/h6-16,21H,5,17-20H2,1-4H3. The molecule has 0 radical (unpaired) electrons. The van der Waals surface area contributed by atoms with Crippen LogP contribution < -0.4 is 9.47 Å².